The number of ether oxygens (including phenoxy) is 1. The highest BCUT2D eigenvalue weighted by atomic mass is 32.1. The molecule has 5 amide bonds. The van der Waals surface area contributed by atoms with Crippen molar-refractivity contribution in [1.82, 2.24) is 15.5 Å². The number of aryl methyl sites for hydroxylation is 1. The molecule has 2 aromatic rings. The molecule has 10 heteroatoms. The van der Waals surface area contributed by atoms with Crippen molar-refractivity contribution in [1.29, 1.82) is 0 Å². The summed E-state index contributed by atoms with van der Waals surface area (Å²) in [6.45, 7) is 1.28. The van der Waals surface area contributed by atoms with Crippen LogP contribution in [0.15, 0.2) is 35.7 Å². The number of imide groups is 2. The molecule has 30 heavy (non-hydrogen) atoms. The first-order valence-electron chi connectivity index (χ1n) is 9.07. The Bertz CT molecular complexity index is 1000. The van der Waals surface area contributed by atoms with Gasteiger partial charge in [0.05, 0.1) is 24.1 Å². The van der Waals surface area contributed by atoms with Crippen LogP contribution in [0.2, 0.25) is 0 Å². The second-order valence-corrected chi connectivity index (χ2v) is 7.56. The monoisotopic (exact) mass is 429 g/mol. The summed E-state index contributed by atoms with van der Waals surface area (Å²) in [7, 11) is 0. The standard InChI is InChI=1S/C20H19N3O6S/c1-12-4-5-14-15(9-12)19(27)23(18(14)26)7-6-17(25)29-11-16(24)22-20(28)21-10-13-3-2-8-30-13/h2-5,8-9H,6-7,10-11H2,1H3,(H2,21,22,24,28). The lowest BCUT2D eigenvalue weighted by Crippen LogP contribution is -2.41. The van der Waals surface area contributed by atoms with Crippen LogP contribution in [0.25, 0.3) is 0 Å². The molecule has 2 heterocycles. The van der Waals surface area contributed by atoms with Crippen molar-refractivity contribution in [3.63, 3.8) is 0 Å². The maximum atomic E-state index is 12.4. The summed E-state index contributed by atoms with van der Waals surface area (Å²) in [4.78, 5) is 61.8. The highest BCUT2D eigenvalue weighted by Crippen LogP contribution is 2.23. The van der Waals surface area contributed by atoms with Gasteiger partial charge in [-0.15, -0.1) is 11.3 Å². The number of rotatable bonds is 7. The summed E-state index contributed by atoms with van der Waals surface area (Å²) in [5.41, 5.74) is 1.45. The van der Waals surface area contributed by atoms with Crippen LogP contribution in [0.5, 0.6) is 0 Å². The van der Waals surface area contributed by atoms with Gasteiger partial charge in [0.25, 0.3) is 17.7 Å². The Morgan fingerprint density at radius 2 is 1.87 bits per heavy atom. The van der Waals surface area contributed by atoms with E-state index in [-0.39, 0.29) is 19.5 Å². The van der Waals surface area contributed by atoms with E-state index in [0.29, 0.717) is 11.1 Å². The van der Waals surface area contributed by atoms with Crippen molar-refractivity contribution in [2.45, 2.75) is 19.9 Å². The maximum Gasteiger partial charge on any atom is 0.321 e. The summed E-state index contributed by atoms with van der Waals surface area (Å²) in [6, 6.07) is 7.92. The zero-order valence-corrected chi connectivity index (χ0v) is 16.9. The van der Waals surface area contributed by atoms with Crippen LogP contribution in [0.1, 0.15) is 37.6 Å². The van der Waals surface area contributed by atoms with Gasteiger partial charge in [0.1, 0.15) is 0 Å². The number of urea groups is 1. The fourth-order valence-electron chi connectivity index (χ4n) is 2.82. The van der Waals surface area contributed by atoms with Gasteiger partial charge in [0, 0.05) is 11.4 Å². The van der Waals surface area contributed by atoms with E-state index in [2.05, 4.69) is 5.32 Å². The van der Waals surface area contributed by atoms with Crippen LogP contribution in [0.4, 0.5) is 4.79 Å². The van der Waals surface area contributed by atoms with Gasteiger partial charge in [-0.25, -0.2) is 4.79 Å². The topological polar surface area (TPSA) is 122 Å². The van der Waals surface area contributed by atoms with E-state index in [1.165, 1.54) is 11.3 Å². The summed E-state index contributed by atoms with van der Waals surface area (Å²) in [5, 5.41) is 6.42. The quantitative estimate of drug-likeness (QED) is 0.509. The molecule has 0 bridgehead atoms. The number of thiophene rings is 1. The van der Waals surface area contributed by atoms with Crippen LogP contribution in [0.3, 0.4) is 0 Å². The predicted molar refractivity (Wildman–Crippen MR) is 107 cm³/mol. The number of hydrogen-bond acceptors (Lipinski definition) is 7. The molecule has 0 saturated carbocycles. The SMILES string of the molecule is Cc1ccc2c(c1)C(=O)N(CCC(=O)OCC(=O)NC(=O)NCc1cccs1)C2=O. The Kier molecular flexibility index (Phi) is 6.58. The molecule has 1 aliphatic heterocycles. The first kappa shape index (κ1) is 21.2. The van der Waals surface area contributed by atoms with Crippen molar-refractivity contribution >= 4 is 41.1 Å². The van der Waals surface area contributed by atoms with Crippen molar-refractivity contribution in [3.8, 4) is 0 Å². The third kappa shape index (κ3) is 5.09. The zero-order chi connectivity index (χ0) is 21.7. The molecule has 1 aromatic carbocycles. The summed E-state index contributed by atoms with van der Waals surface area (Å²) >= 11 is 1.46. The number of carbonyl (C=O) groups is 5. The Morgan fingerprint density at radius 1 is 1.10 bits per heavy atom. The van der Waals surface area contributed by atoms with Gasteiger partial charge >= 0.3 is 12.0 Å². The van der Waals surface area contributed by atoms with Crippen LogP contribution >= 0.6 is 11.3 Å². The van der Waals surface area contributed by atoms with Gasteiger partial charge in [-0.2, -0.15) is 0 Å². The van der Waals surface area contributed by atoms with Crippen LogP contribution in [0, 0.1) is 6.92 Å². The zero-order valence-electron chi connectivity index (χ0n) is 16.1. The van der Waals surface area contributed by atoms with Gasteiger partial charge < -0.3 is 10.1 Å². The van der Waals surface area contributed by atoms with E-state index < -0.39 is 36.3 Å². The molecule has 1 aromatic heterocycles. The fourth-order valence-corrected chi connectivity index (χ4v) is 3.46. The van der Waals surface area contributed by atoms with Crippen molar-refractivity contribution < 1.29 is 28.7 Å². The van der Waals surface area contributed by atoms with Crippen LogP contribution in [-0.4, -0.2) is 47.8 Å². The van der Waals surface area contributed by atoms with Gasteiger partial charge in [-0.3, -0.25) is 29.4 Å². The first-order chi connectivity index (χ1) is 14.3. The molecule has 0 atom stereocenters. The summed E-state index contributed by atoms with van der Waals surface area (Å²) < 4.78 is 4.80. The minimum absolute atomic E-state index is 0.160. The van der Waals surface area contributed by atoms with E-state index in [9.17, 15) is 24.0 Å². The molecule has 0 aliphatic carbocycles. The number of amides is 5. The molecular formula is C20H19N3O6S. The first-order valence-corrected chi connectivity index (χ1v) is 9.95. The van der Waals surface area contributed by atoms with Crippen LogP contribution < -0.4 is 10.6 Å². The van der Waals surface area contributed by atoms with Gasteiger partial charge in [-0.05, 0) is 30.5 Å². The Hall–Kier alpha value is -3.53. The molecule has 3 rings (SSSR count). The smallest absolute Gasteiger partial charge is 0.321 e. The lowest BCUT2D eigenvalue weighted by molar-refractivity contribution is -0.148. The minimum Gasteiger partial charge on any atom is -0.456 e. The molecule has 0 unspecified atom stereocenters. The fraction of sp³-hybridized carbons (Fsp3) is 0.250. The maximum absolute atomic E-state index is 12.4. The van der Waals surface area contributed by atoms with Gasteiger partial charge in [0.15, 0.2) is 6.61 Å². The van der Waals surface area contributed by atoms with Gasteiger partial charge in [0.2, 0.25) is 0 Å². The van der Waals surface area contributed by atoms with E-state index in [4.69, 9.17) is 4.74 Å². The lowest BCUT2D eigenvalue weighted by Gasteiger charge is -2.13. The highest BCUT2D eigenvalue weighted by molar-refractivity contribution is 7.09. The number of benzene rings is 1. The number of nitrogens with one attached hydrogen (secondary N) is 2. The Morgan fingerprint density at radius 3 is 2.60 bits per heavy atom. The molecule has 0 fully saturated rings. The average Bonchev–Trinajstić information content (AvgIpc) is 3.31. The number of nitrogens with zero attached hydrogens (tertiary/aromatic N) is 1. The van der Waals surface area contributed by atoms with E-state index >= 15 is 0 Å². The van der Waals surface area contributed by atoms with Crippen molar-refractivity contribution in [2.24, 2.45) is 0 Å². The highest BCUT2D eigenvalue weighted by Gasteiger charge is 2.35. The average molecular weight is 429 g/mol. The summed E-state index contributed by atoms with van der Waals surface area (Å²) in [6.07, 6.45) is -0.262. The summed E-state index contributed by atoms with van der Waals surface area (Å²) in [5.74, 6) is -2.49. The minimum atomic E-state index is -0.789. The normalized spacial score (nSPS) is 12.5. The van der Waals surface area contributed by atoms with Crippen LogP contribution in [-0.2, 0) is 20.9 Å². The molecule has 2 N–H and O–H groups in total. The third-order valence-electron chi connectivity index (χ3n) is 4.29. The van der Waals surface area contributed by atoms with Crippen molar-refractivity contribution in [3.05, 3.63) is 57.3 Å². The second-order valence-electron chi connectivity index (χ2n) is 6.53. The third-order valence-corrected chi connectivity index (χ3v) is 5.16. The predicted octanol–water partition coefficient (Wildman–Crippen LogP) is 1.61. The molecule has 0 saturated heterocycles. The molecule has 156 valence electrons. The number of fused-ring (bicyclic) bond motifs is 1. The molecule has 1 aliphatic rings. The van der Waals surface area contributed by atoms with E-state index in [1.54, 1.807) is 18.2 Å². The second kappa shape index (κ2) is 9.31. The molecule has 9 nitrogen and oxygen atoms in total. The number of carbonyl (C=O) groups excluding carboxylic acids is 5. The molecule has 0 radical (unpaired) electrons. The van der Waals surface area contributed by atoms with E-state index in [0.717, 1.165) is 15.3 Å². The molecule has 0 spiro atoms. The Balaban J connectivity index is 1.39. The Labute approximate surface area is 176 Å². The number of hydrogen-bond donors (Lipinski definition) is 2. The largest absolute Gasteiger partial charge is 0.456 e. The lowest BCUT2D eigenvalue weighted by atomic mass is 10.1. The van der Waals surface area contributed by atoms with E-state index in [1.807, 2.05) is 29.8 Å². The molecular weight excluding hydrogens is 410 g/mol. The van der Waals surface area contributed by atoms with Crippen molar-refractivity contribution in [2.75, 3.05) is 13.2 Å². The number of esters is 1. The van der Waals surface area contributed by atoms with Gasteiger partial charge in [-0.1, -0.05) is 17.7 Å².